The summed E-state index contributed by atoms with van der Waals surface area (Å²) < 4.78 is 1.45. The van der Waals surface area contributed by atoms with Crippen LogP contribution < -0.4 is 0 Å². The van der Waals surface area contributed by atoms with Gasteiger partial charge in [-0.1, -0.05) is 17.7 Å². The van der Waals surface area contributed by atoms with E-state index in [1.165, 1.54) is 10.8 Å². The van der Waals surface area contributed by atoms with Crippen molar-refractivity contribution in [2.75, 3.05) is 0 Å². The van der Waals surface area contributed by atoms with E-state index in [9.17, 15) is 5.11 Å². The van der Waals surface area contributed by atoms with Gasteiger partial charge in [0, 0.05) is 0 Å². The number of hydrogen-bond donors (Lipinski definition) is 2. The maximum absolute atomic E-state index is 9.60. The molecule has 0 atom stereocenters. The Morgan fingerprint density at radius 3 is 2.78 bits per heavy atom. The van der Waals surface area contributed by atoms with Crippen LogP contribution in [-0.2, 0) is 0 Å². The quantitative estimate of drug-likeness (QED) is 0.676. The van der Waals surface area contributed by atoms with Crippen molar-refractivity contribution in [2.45, 2.75) is 6.92 Å². The molecule has 7 nitrogen and oxygen atoms in total. The predicted octanol–water partition coefficient (Wildman–Crippen LogP) is 2.49. The van der Waals surface area contributed by atoms with Gasteiger partial charge in [-0.05, 0) is 19.1 Å². The van der Waals surface area contributed by atoms with Gasteiger partial charge in [-0.2, -0.15) is 9.50 Å². The van der Waals surface area contributed by atoms with Crippen LogP contribution in [0.3, 0.4) is 0 Å². The van der Waals surface area contributed by atoms with Gasteiger partial charge in [-0.25, -0.2) is 4.98 Å². The van der Waals surface area contributed by atoms with E-state index < -0.39 is 0 Å². The summed E-state index contributed by atoms with van der Waals surface area (Å²) in [5, 5.41) is 20.4. The number of benzene rings is 1. The van der Waals surface area contributed by atoms with E-state index in [0.29, 0.717) is 11.5 Å². The maximum Gasteiger partial charge on any atom is 0.262 e. The zero-order valence-electron chi connectivity index (χ0n) is 9.57. The molecule has 0 aliphatic carbocycles. The smallest absolute Gasteiger partial charge is 0.262 e. The van der Waals surface area contributed by atoms with Gasteiger partial charge < -0.3 is 5.11 Å². The van der Waals surface area contributed by atoms with Gasteiger partial charge in [-0.3, -0.25) is 5.10 Å². The molecule has 1 aromatic carbocycles. The summed E-state index contributed by atoms with van der Waals surface area (Å²) in [6.45, 7) is 2.00. The molecule has 3 rings (SSSR count). The van der Waals surface area contributed by atoms with Crippen molar-refractivity contribution in [1.29, 1.82) is 0 Å². The van der Waals surface area contributed by atoms with Gasteiger partial charge in [0.2, 0.25) is 5.82 Å². The molecule has 7 heteroatoms. The van der Waals surface area contributed by atoms with E-state index in [2.05, 4.69) is 25.3 Å². The van der Waals surface area contributed by atoms with E-state index in [4.69, 9.17) is 0 Å². The lowest BCUT2D eigenvalue weighted by molar-refractivity contribution is 0.457. The SMILES string of the molecule is Cc1ccc(N=Nc2c(O)nc3nc[nH]n23)cc1. The highest BCUT2D eigenvalue weighted by atomic mass is 16.3. The average molecular weight is 242 g/mol. The first-order chi connectivity index (χ1) is 8.74. The number of imidazole rings is 1. The molecule has 0 aliphatic heterocycles. The van der Waals surface area contributed by atoms with E-state index in [-0.39, 0.29) is 11.7 Å². The number of hydrogen-bond acceptors (Lipinski definition) is 5. The lowest BCUT2D eigenvalue weighted by Crippen LogP contribution is -1.80. The first-order valence-corrected chi connectivity index (χ1v) is 5.33. The number of azo groups is 1. The Morgan fingerprint density at radius 1 is 1.22 bits per heavy atom. The fourth-order valence-electron chi connectivity index (χ4n) is 1.55. The van der Waals surface area contributed by atoms with Crippen molar-refractivity contribution in [3.63, 3.8) is 0 Å². The monoisotopic (exact) mass is 242 g/mol. The Balaban J connectivity index is 1.98. The Hall–Kier alpha value is -2.70. The molecule has 0 fully saturated rings. The minimum Gasteiger partial charge on any atom is -0.490 e. The number of H-pyrrole nitrogens is 1. The fraction of sp³-hybridized carbons (Fsp3) is 0.0909. The number of aromatic nitrogens is 4. The molecule has 0 unspecified atom stereocenters. The number of fused-ring (bicyclic) bond motifs is 1. The van der Waals surface area contributed by atoms with Gasteiger partial charge in [-0.15, -0.1) is 10.2 Å². The highest BCUT2D eigenvalue weighted by molar-refractivity contribution is 5.50. The minimum atomic E-state index is -0.204. The summed E-state index contributed by atoms with van der Waals surface area (Å²) in [6.07, 6.45) is 1.46. The lowest BCUT2D eigenvalue weighted by atomic mass is 10.2. The molecule has 0 spiro atoms. The highest BCUT2D eigenvalue weighted by Crippen LogP contribution is 2.27. The number of aryl methyl sites for hydroxylation is 1. The Morgan fingerprint density at radius 2 is 2.00 bits per heavy atom. The second-order valence-electron chi connectivity index (χ2n) is 3.82. The van der Waals surface area contributed by atoms with E-state index >= 15 is 0 Å². The van der Waals surface area contributed by atoms with E-state index in [1.54, 1.807) is 0 Å². The Kier molecular flexibility index (Phi) is 2.30. The molecule has 0 saturated carbocycles. The van der Waals surface area contributed by atoms with Crippen LogP contribution in [0.15, 0.2) is 40.8 Å². The van der Waals surface area contributed by atoms with Gasteiger partial charge in [0.05, 0.1) is 5.69 Å². The Bertz CT molecular complexity index is 709. The molecule has 0 bridgehead atoms. The van der Waals surface area contributed by atoms with Crippen LogP contribution in [0.5, 0.6) is 5.88 Å². The summed E-state index contributed by atoms with van der Waals surface area (Å²) in [5.74, 6) is 0.374. The molecule has 2 heterocycles. The van der Waals surface area contributed by atoms with Crippen molar-refractivity contribution in [3.8, 4) is 5.88 Å². The molecule has 3 aromatic rings. The molecular weight excluding hydrogens is 232 g/mol. The molecule has 0 radical (unpaired) electrons. The Labute approximate surface area is 102 Å². The molecule has 0 aliphatic rings. The van der Waals surface area contributed by atoms with Crippen LogP contribution in [0.25, 0.3) is 5.78 Å². The minimum absolute atomic E-state index is 0.204. The van der Waals surface area contributed by atoms with Crippen LogP contribution in [0.2, 0.25) is 0 Å². The van der Waals surface area contributed by atoms with Gasteiger partial charge in [0.25, 0.3) is 11.7 Å². The predicted molar refractivity (Wildman–Crippen MR) is 64.4 cm³/mol. The number of aromatic hydroxyl groups is 1. The van der Waals surface area contributed by atoms with Crippen molar-refractivity contribution in [3.05, 3.63) is 36.2 Å². The van der Waals surface area contributed by atoms with Gasteiger partial charge in [0.1, 0.15) is 6.33 Å². The standard InChI is InChI=1S/C11H10N6O/c1-7-2-4-8(5-3-7)15-16-9-10(18)14-11-12-6-13-17(9)11/h2-6,18H,1H3,(H,12,13,14). The second kappa shape index (κ2) is 3.95. The molecule has 0 saturated heterocycles. The zero-order chi connectivity index (χ0) is 12.5. The summed E-state index contributed by atoms with van der Waals surface area (Å²) in [5.41, 5.74) is 1.85. The maximum atomic E-state index is 9.60. The summed E-state index contributed by atoms with van der Waals surface area (Å²) >= 11 is 0. The van der Waals surface area contributed by atoms with Gasteiger partial charge >= 0.3 is 0 Å². The van der Waals surface area contributed by atoms with Crippen molar-refractivity contribution in [2.24, 2.45) is 10.2 Å². The van der Waals surface area contributed by atoms with Crippen LogP contribution in [0.4, 0.5) is 11.5 Å². The summed E-state index contributed by atoms with van der Waals surface area (Å²) in [6, 6.07) is 7.58. The molecule has 18 heavy (non-hydrogen) atoms. The van der Waals surface area contributed by atoms with Crippen LogP contribution >= 0.6 is 0 Å². The number of rotatable bonds is 2. The molecule has 2 aromatic heterocycles. The van der Waals surface area contributed by atoms with Gasteiger partial charge in [0.15, 0.2) is 0 Å². The first-order valence-electron chi connectivity index (χ1n) is 5.33. The first kappa shape index (κ1) is 10.5. The van der Waals surface area contributed by atoms with E-state index in [0.717, 1.165) is 5.56 Å². The third kappa shape index (κ3) is 1.71. The summed E-state index contributed by atoms with van der Waals surface area (Å²) in [7, 11) is 0. The average Bonchev–Trinajstić information content (AvgIpc) is 2.90. The molecule has 2 N–H and O–H groups in total. The van der Waals surface area contributed by atoms with Crippen molar-refractivity contribution in [1.82, 2.24) is 19.6 Å². The van der Waals surface area contributed by atoms with Crippen molar-refractivity contribution >= 4 is 17.3 Å². The third-order valence-electron chi connectivity index (χ3n) is 2.48. The topological polar surface area (TPSA) is 90.9 Å². The fourth-order valence-corrected chi connectivity index (χ4v) is 1.55. The zero-order valence-corrected chi connectivity index (χ0v) is 9.57. The lowest BCUT2D eigenvalue weighted by Gasteiger charge is -1.93. The molecule has 90 valence electrons. The van der Waals surface area contributed by atoms with E-state index in [1.807, 2.05) is 31.2 Å². The third-order valence-corrected chi connectivity index (χ3v) is 2.48. The highest BCUT2D eigenvalue weighted by Gasteiger charge is 2.12. The second-order valence-corrected chi connectivity index (χ2v) is 3.82. The molecule has 0 amide bonds. The number of nitrogens with one attached hydrogen (secondary N) is 1. The number of aromatic amines is 1. The molecular formula is C11H10N6O. The normalized spacial score (nSPS) is 11.6. The largest absolute Gasteiger partial charge is 0.490 e. The van der Waals surface area contributed by atoms with Crippen LogP contribution in [0.1, 0.15) is 5.56 Å². The van der Waals surface area contributed by atoms with Crippen molar-refractivity contribution < 1.29 is 5.11 Å². The van der Waals surface area contributed by atoms with Crippen LogP contribution in [-0.4, -0.2) is 24.7 Å². The van der Waals surface area contributed by atoms with Crippen LogP contribution in [0, 0.1) is 6.92 Å². The summed E-state index contributed by atoms with van der Waals surface area (Å²) in [4.78, 5) is 7.72. The number of nitrogens with zero attached hydrogens (tertiary/aromatic N) is 5.